The molecule has 1 saturated heterocycles. The molecule has 1 unspecified atom stereocenters. The number of likely N-dealkylation sites (tertiary alicyclic amines) is 1. The van der Waals surface area contributed by atoms with Crippen LogP contribution in [0.2, 0.25) is 0 Å². The highest BCUT2D eigenvalue weighted by molar-refractivity contribution is 5.76. The van der Waals surface area contributed by atoms with Crippen molar-refractivity contribution in [2.24, 2.45) is 5.73 Å². The van der Waals surface area contributed by atoms with E-state index in [1.807, 2.05) is 4.90 Å². The van der Waals surface area contributed by atoms with Gasteiger partial charge in [-0.25, -0.2) is 0 Å². The molecule has 0 spiro atoms. The lowest BCUT2D eigenvalue weighted by Crippen LogP contribution is -2.46. The quantitative estimate of drug-likeness (QED) is 0.827. The topological polar surface area (TPSA) is 71.2 Å². The summed E-state index contributed by atoms with van der Waals surface area (Å²) < 4.78 is 39.3. The number of piperidine rings is 1. The summed E-state index contributed by atoms with van der Waals surface area (Å²) in [5.41, 5.74) is 4.68. The van der Waals surface area contributed by atoms with Crippen molar-refractivity contribution in [2.45, 2.75) is 44.4 Å². The molecule has 0 aromatic carbocycles. The summed E-state index contributed by atoms with van der Waals surface area (Å²) >= 11 is 0. The fourth-order valence-electron chi connectivity index (χ4n) is 2.96. The predicted molar refractivity (Wildman–Crippen MR) is 84.0 cm³/mol. The van der Waals surface area contributed by atoms with Gasteiger partial charge in [-0.2, -0.15) is 13.2 Å². The Morgan fingerprint density at radius 2 is 2.21 bits per heavy atom. The van der Waals surface area contributed by atoms with Gasteiger partial charge in [0.2, 0.25) is 5.91 Å². The van der Waals surface area contributed by atoms with E-state index in [4.69, 9.17) is 5.73 Å². The third kappa shape index (κ3) is 5.17. The van der Waals surface area contributed by atoms with Crippen LogP contribution in [-0.2, 0) is 17.5 Å². The second kappa shape index (κ2) is 8.43. The molecule has 2 rings (SSSR count). The Morgan fingerprint density at radius 1 is 1.42 bits per heavy atom. The summed E-state index contributed by atoms with van der Waals surface area (Å²) in [5.74, 6) is -0.128. The van der Waals surface area contributed by atoms with E-state index in [2.05, 4.69) is 10.3 Å². The van der Waals surface area contributed by atoms with Crippen LogP contribution in [0.3, 0.4) is 0 Å². The number of alkyl halides is 3. The number of carbonyl (C=O) groups excluding carboxylic acids is 1. The number of nitrogens with zero attached hydrogens (tertiary/aromatic N) is 2. The van der Waals surface area contributed by atoms with Gasteiger partial charge < -0.3 is 11.1 Å². The molecule has 0 bridgehead atoms. The number of amides is 1. The van der Waals surface area contributed by atoms with Crippen LogP contribution in [0, 0.1) is 0 Å². The summed E-state index contributed by atoms with van der Waals surface area (Å²) in [6.45, 7) is 1.54. The number of nitrogens with two attached hydrogens (primary N) is 1. The van der Waals surface area contributed by atoms with Gasteiger partial charge in [-0.1, -0.05) is 6.42 Å². The Morgan fingerprint density at radius 3 is 2.92 bits per heavy atom. The lowest BCUT2D eigenvalue weighted by molar-refractivity contribution is -0.138. The minimum atomic E-state index is -4.41. The SMILES string of the molecule is NCCC(=O)NCC1CCCCN1Cc1ncccc1C(F)(F)F. The number of hydrogen-bond acceptors (Lipinski definition) is 4. The molecular formula is C16H23F3N4O. The highest BCUT2D eigenvalue weighted by Gasteiger charge is 2.35. The fourth-order valence-corrected chi connectivity index (χ4v) is 2.96. The van der Waals surface area contributed by atoms with Crippen molar-refractivity contribution in [1.82, 2.24) is 15.2 Å². The van der Waals surface area contributed by atoms with Crippen molar-refractivity contribution in [2.75, 3.05) is 19.6 Å². The monoisotopic (exact) mass is 344 g/mol. The smallest absolute Gasteiger partial charge is 0.354 e. The molecule has 134 valence electrons. The van der Waals surface area contributed by atoms with E-state index in [-0.39, 0.29) is 37.2 Å². The first-order chi connectivity index (χ1) is 11.4. The highest BCUT2D eigenvalue weighted by Crippen LogP contribution is 2.32. The van der Waals surface area contributed by atoms with E-state index >= 15 is 0 Å². The lowest BCUT2D eigenvalue weighted by atomic mass is 10.0. The fraction of sp³-hybridized carbons (Fsp3) is 0.625. The molecule has 0 aliphatic carbocycles. The van der Waals surface area contributed by atoms with Crippen molar-refractivity contribution in [3.8, 4) is 0 Å². The molecular weight excluding hydrogens is 321 g/mol. The summed E-state index contributed by atoms with van der Waals surface area (Å²) in [5, 5.41) is 2.81. The van der Waals surface area contributed by atoms with Gasteiger partial charge in [0, 0.05) is 38.3 Å². The van der Waals surface area contributed by atoms with E-state index in [0.717, 1.165) is 25.3 Å². The van der Waals surface area contributed by atoms with Crippen LogP contribution >= 0.6 is 0 Å². The first-order valence-corrected chi connectivity index (χ1v) is 8.13. The van der Waals surface area contributed by atoms with Crippen LogP contribution in [-0.4, -0.2) is 41.5 Å². The Bertz CT molecular complexity index is 550. The average Bonchev–Trinajstić information content (AvgIpc) is 2.54. The molecule has 5 nitrogen and oxygen atoms in total. The number of hydrogen-bond donors (Lipinski definition) is 2. The van der Waals surface area contributed by atoms with Gasteiger partial charge in [0.25, 0.3) is 0 Å². The first-order valence-electron chi connectivity index (χ1n) is 8.13. The number of carbonyl (C=O) groups is 1. The Hall–Kier alpha value is -1.67. The summed E-state index contributed by atoms with van der Waals surface area (Å²) in [6.07, 6.45) is 0.00272. The van der Waals surface area contributed by atoms with Crippen LogP contribution in [0.15, 0.2) is 18.3 Å². The standard InChI is InChI=1S/C16H23F3N4O/c17-16(18,19)13-5-3-8-21-14(13)11-23-9-2-1-4-12(23)10-22-15(24)6-7-20/h3,5,8,12H,1-2,4,6-7,9-11,20H2,(H,22,24). The van der Waals surface area contributed by atoms with Crippen molar-refractivity contribution >= 4 is 5.91 Å². The third-order valence-electron chi connectivity index (χ3n) is 4.20. The van der Waals surface area contributed by atoms with Gasteiger partial charge in [-0.05, 0) is 31.5 Å². The highest BCUT2D eigenvalue weighted by atomic mass is 19.4. The maximum Gasteiger partial charge on any atom is 0.418 e. The van der Waals surface area contributed by atoms with Crippen molar-refractivity contribution < 1.29 is 18.0 Å². The molecule has 1 fully saturated rings. The van der Waals surface area contributed by atoms with Gasteiger partial charge in [-0.15, -0.1) is 0 Å². The predicted octanol–water partition coefficient (Wildman–Crippen LogP) is 1.92. The minimum absolute atomic E-state index is 0.0172. The van der Waals surface area contributed by atoms with E-state index < -0.39 is 11.7 Å². The van der Waals surface area contributed by atoms with Crippen LogP contribution < -0.4 is 11.1 Å². The third-order valence-corrected chi connectivity index (χ3v) is 4.20. The normalized spacial score (nSPS) is 19.2. The number of rotatable bonds is 6. The average molecular weight is 344 g/mol. The molecule has 1 aliphatic rings. The van der Waals surface area contributed by atoms with E-state index in [1.54, 1.807) is 0 Å². The molecule has 0 saturated carbocycles. The second-order valence-corrected chi connectivity index (χ2v) is 5.96. The largest absolute Gasteiger partial charge is 0.418 e. The first kappa shape index (κ1) is 18.7. The summed E-state index contributed by atoms with van der Waals surface area (Å²) in [4.78, 5) is 17.5. The van der Waals surface area contributed by atoms with Gasteiger partial charge in [-0.3, -0.25) is 14.7 Å². The number of nitrogens with one attached hydrogen (secondary N) is 1. The molecule has 8 heteroatoms. The molecule has 1 amide bonds. The lowest BCUT2D eigenvalue weighted by Gasteiger charge is -2.36. The molecule has 1 atom stereocenters. The number of pyridine rings is 1. The second-order valence-electron chi connectivity index (χ2n) is 5.96. The zero-order valence-electron chi connectivity index (χ0n) is 13.5. The van der Waals surface area contributed by atoms with Crippen molar-refractivity contribution in [1.29, 1.82) is 0 Å². The van der Waals surface area contributed by atoms with Gasteiger partial charge in [0.1, 0.15) is 0 Å². The summed E-state index contributed by atoms with van der Waals surface area (Å²) in [6, 6.07) is 2.38. The van der Waals surface area contributed by atoms with Crippen LogP contribution in [0.25, 0.3) is 0 Å². The molecule has 24 heavy (non-hydrogen) atoms. The molecule has 1 aliphatic heterocycles. The van der Waals surface area contributed by atoms with Crippen LogP contribution in [0.1, 0.15) is 36.9 Å². The maximum atomic E-state index is 13.1. The molecule has 2 heterocycles. The van der Waals surface area contributed by atoms with Crippen molar-refractivity contribution in [3.63, 3.8) is 0 Å². The summed E-state index contributed by atoms with van der Waals surface area (Å²) in [7, 11) is 0. The number of aromatic nitrogens is 1. The van der Waals surface area contributed by atoms with E-state index in [9.17, 15) is 18.0 Å². The van der Waals surface area contributed by atoms with Crippen LogP contribution in [0.4, 0.5) is 13.2 Å². The molecule has 1 aromatic rings. The molecule has 3 N–H and O–H groups in total. The van der Waals surface area contributed by atoms with Gasteiger partial charge >= 0.3 is 6.18 Å². The number of halogens is 3. The Balaban J connectivity index is 2.05. The molecule has 0 radical (unpaired) electrons. The molecule has 1 aromatic heterocycles. The van der Waals surface area contributed by atoms with Crippen molar-refractivity contribution in [3.05, 3.63) is 29.6 Å². The van der Waals surface area contributed by atoms with Crippen LogP contribution in [0.5, 0.6) is 0 Å². The Kier molecular flexibility index (Phi) is 6.56. The van der Waals surface area contributed by atoms with E-state index in [1.165, 1.54) is 12.3 Å². The minimum Gasteiger partial charge on any atom is -0.354 e. The van der Waals surface area contributed by atoms with Gasteiger partial charge in [0.15, 0.2) is 0 Å². The maximum absolute atomic E-state index is 13.1. The Labute approximate surface area is 139 Å². The van der Waals surface area contributed by atoms with Gasteiger partial charge in [0.05, 0.1) is 11.3 Å². The zero-order valence-corrected chi connectivity index (χ0v) is 13.5. The zero-order chi connectivity index (χ0) is 17.6. The van der Waals surface area contributed by atoms with E-state index in [0.29, 0.717) is 13.1 Å².